The summed E-state index contributed by atoms with van der Waals surface area (Å²) in [6.45, 7) is 5.54. The Labute approximate surface area is 173 Å². The number of rotatable bonds is 4. The number of anilines is 1. The number of carbonyl (C=O) groups is 1. The van der Waals surface area contributed by atoms with E-state index in [0.29, 0.717) is 21.4 Å². The van der Waals surface area contributed by atoms with Crippen molar-refractivity contribution < 1.29 is 4.79 Å². The summed E-state index contributed by atoms with van der Waals surface area (Å²) in [5, 5.41) is 7.51. The normalized spacial score (nSPS) is 15.6. The van der Waals surface area contributed by atoms with Crippen molar-refractivity contribution in [2.75, 3.05) is 31.1 Å². The molecule has 0 spiro atoms. The van der Waals surface area contributed by atoms with Crippen molar-refractivity contribution in [1.82, 2.24) is 20.6 Å². The van der Waals surface area contributed by atoms with Crippen LogP contribution in [-0.2, 0) is 0 Å². The van der Waals surface area contributed by atoms with E-state index in [1.807, 2.05) is 31.2 Å². The Morgan fingerprint density at radius 3 is 2.71 bits per heavy atom. The summed E-state index contributed by atoms with van der Waals surface area (Å²) >= 11 is 12.5. The van der Waals surface area contributed by atoms with Crippen molar-refractivity contribution in [3.05, 3.63) is 57.8 Å². The Hall–Kier alpha value is -2.28. The number of amides is 1. The second kappa shape index (κ2) is 7.99. The predicted octanol–water partition coefficient (Wildman–Crippen LogP) is 3.77. The lowest BCUT2D eigenvalue weighted by Crippen LogP contribution is -2.43. The summed E-state index contributed by atoms with van der Waals surface area (Å²) in [4.78, 5) is 22.6. The summed E-state index contributed by atoms with van der Waals surface area (Å²) in [5.74, 6) is 0.480. The van der Waals surface area contributed by atoms with Crippen LogP contribution in [0.5, 0.6) is 0 Å². The van der Waals surface area contributed by atoms with Gasteiger partial charge >= 0.3 is 0 Å². The summed E-state index contributed by atoms with van der Waals surface area (Å²) < 4.78 is 0. The fourth-order valence-electron chi connectivity index (χ4n) is 3.37. The van der Waals surface area contributed by atoms with Gasteiger partial charge in [-0.3, -0.25) is 4.79 Å². The van der Waals surface area contributed by atoms with Gasteiger partial charge in [-0.25, -0.2) is 4.98 Å². The van der Waals surface area contributed by atoms with Gasteiger partial charge in [-0.05, 0) is 43.3 Å². The molecule has 3 N–H and O–H groups in total. The van der Waals surface area contributed by atoms with E-state index in [2.05, 4.69) is 25.5 Å². The number of aromatic amines is 1. The van der Waals surface area contributed by atoms with Crippen LogP contribution in [0, 0.1) is 0 Å². The minimum Gasteiger partial charge on any atom is -0.368 e. The number of piperazine rings is 1. The van der Waals surface area contributed by atoms with Crippen LogP contribution < -0.4 is 15.5 Å². The maximum atomic E-state index is 12.7. The summed E-state index contributed by atoms with van der Waals surface area (Å²) in [6.07, 6.45) is 0. The monoisotopic (exact) mass is 417 g/mol. The molecule has 0 aliphatic carbocycles. The number of benzene rings is 2. The van der Waals surface area contributed by atoms with Crippen LogP contribution in [0.4, 0.5) is 5.69 Å². The number of imidazole rings is 1. The molecular formula is C20H21Cl2N5O. The third kappa shape index (κ3) is 3.94. The molecule has 1 atom stereocenters. The molecule has 1 fully saturated rings. The molecule has 2 heterocycles. The smallest absolute Gasteiger partial charge is 0.251 e. The first-order chi connectivity index (χ1) is 13.5. The number of nitrogens with zero attached hydrogens (tertiary/aromatic N) is 2. The number of nitrogens with one attached hydrogen (secondary N) is 3. The molecule has 1 aliphatic rings. The molecule has 8 heteroatoms. The molecule has 3 aromatic rings. The first kappa shape index (κ1) is 19.1. The van der Waals surface area contributed by atoms with E-state index >= 15 is 0 Å². The van der Waals surface area contributed by atoms with Gasteiger partial charge in [0.05, 0.1) is 27.8 Å². The van der Waals surface area contributed by atoms with Gasteiger partial charge in [0.25, 0.3) is 5.91 Å². The number of halogens is 2. The van der Waals surface area contributed by atoms with Gasteiger partial charge in [0.2, 0.25) is 0 Å². The third-order valence-corrected chi connectivity index (χ3v) is 5.43. The molecule has 0 radical (unpaired) electrons. The van der Waals surface area contributed by atoms with E-state index in [-0.39, 0.29) is 11.9 Å². The van der Waals surface area contributed by atoms with Crippen molar-refractivity contribution in [2.45, 2.75) is 13.0 Å². The van der Waals surface area contributed by atoms with E-state index in [4.69, 9.17) is 23.2 Å². The quantitative estimate of drug-likeness (QED) is 0.603. The maximum absolute atomic E-state index is 12.7. The number of aromatic nitrogens is 2. The first-order valence-electron chi connectivity index (χ1n) is 9.22. The summed E-state index contributed by atoms with van der Waals surface area (Å²) in [7, 11) is 0. The molecule has 4 rings (SSSR count). The minimum absolute atomic E-state index is 0.195. The first-order valence-corrected chi connectivity index (χ1v) is 9.98. The van der Waals surface area contributed by atoms with Crippen LogP contribution in [0.1, 0.15) is 29.1 Å². The fraction of sp³-hybridized carbons (Fsp3) is 0.300. The van der Waals surface area contributed by atoms with E-state index in [1.165, 1.54) is 0 Å². The Morgan fingerprint density at radius 1 is 1.18 bits per heavy atom. The molecular weight excluding hydrogens is 397 g/mol. The molecule has 2 aromatic carbocycles. The van der Waals surface area contributed by atoms with E-state index in [1.54, 1.807) is 12.1 Å². The van der Waals surface area contributed by atoms with Gasteiger partial charge in [0, 0.05) is 36.8 Å². The molecule has 6 nitrogen and oxygen atoms in total. The largest absolute Gasteiger partial charge is 0.368 e. The fourth-order valence-corrected chi connectivity index (χ4v) is 3.84. The Morgan fingerprint density at radius 2 is 1.96 bits per heavy atom. The Balaban J connectivity index is 1.48. The zero-order chi connectivity index (χ0) is 19.7. The van der Waals surface area contributed by atoms with Crippen LogP contribution in [-0.4, -0.2) is 42.1 Å². The van der Waals surface area contributed by atoms with Gasteiger partial charge in [0.1, 0.15) is 5.82 Å². The standard InChI is InChI=1S/C20H21Cl2N5O/c1-12(19-25-16-4-3-14(21)11-17(16)26-19)24-20(28)13-2-5-18(15(22)10-13)27-8-6-23-7-9-27/h2-5,10-12,23H,6-9H2,1H3,(H,24,28)(H,25,26)/t12-/m0/s1. The van der Waals surface area contributed by atoms with Crippen molar-refractivity contribution in [3.8, 4) is 0 Å². The summed E-state index contributed by atoms with van der Waals surface area (Å²) in [5.41, 5.74) is 3.13. The van der Waals surface area contributed by atoms with Crippen molar-refractivity contribution >= 4 is 45.8 Å². The molecule has 1 aliphatic heterocycles. The van der Waals surface area contributed by atoms with Crippen LogP contribution in [0.2, 0.25) is 10.0 Å². The number of carbonyl (C=O) groups excluding carboxylic acids is 1. The van der Waals surface area contributed by atoms with Gasteiger partial charge in [-0.1, -0.05) is 23.2 Å². The average Bonchev–Trinajstić information content (AvgIpc) is 3.12. The molecule has 146 valence electrons. The highest BCUT2D eigenvalue weighted by atomic mass is 35.5. The lowest BCUT2D eigenvalue weighted by molar-refractivity contribution is 0.0938. The Bertz CT molecular complexity index is 1010. The number of hydrogen-bond acceptors (Lipinski definition) is 4. The average molecular weight is 418 g/mol. The lowest BCUT2D eigenvalue weighted by Gasteiger charge is -2.30. The second-order valence-electron chi connectivity index (χ2n) is 6.88. The minimum atomic E-state index is -0.287. The van der Waals surface area contributed by atoms with Crippen molar-refractivity contribution in [2.24, 2.45) is 0 Å². The van der Waals surface area contributed by atoms with Gasteiger partial charge in [-0.2, -0.15) is 0 Å². The zero-order valence-electron chi connectivity index (χ0n) is 15.4. The maximum Gasteiger partial charge on any atom is 0.251 e. The highest BCUT2D eigenvalue weighted by Gasteiger charge is 2.18. The molecule has 1 amide bonds. The summed E-state index contributed by atoms with van der Waals surface area (Å²) in [6, 6.07) is 10.6. The number of H-pyrrole nitrogens is 1. The van der Waals surface area contributed by atoms with Gasteiger partial charge in [-0.15, -0.1) is 0 Å². The highest BCUT2D eigenvalue weighted by Crippen LogP contribution is 2.27. The van der Waals surface area contributed by atoms with E-state index in [9.17, 15) is 4.79 Å². The SMILES string of the molecule is C[C@H](NC(=O)c1ccc(N2CCNCC2)c(Cl)c1)c1nc2ccc(Cl)cc2[nH]1. The van der Waals surface area contributed by atoms with Crippen molar-refractivity contribution in [3.63, 3.8) is 0 Å². The number of fused-ring (bicyclic) bond motifs is 1. The van der Waals surface area contributed by atoms with Crippen LogP contribution >= 0.6 is 23.2 Å². The third-order valence-electron chi connectivity index (χ3n) is 4.89. The highest BCUT2D eigenvalue weighted by molar-refractivity contribution is 6.33. The Kier molecular flexibility index (Phi) is 5.44. The van der Waals surface area contributed by atoms with Gasteiger partial charge < -0.3 is 20.5 Å². The van der Waals surface area contributed by atoms with Crippen LogP contribution in [0.15, 0.2) is 36.4 Å². The molecule has 1 saturated heterocycles. The zero-order valence-corrected chi connectivity index (χ0v) is 16.9. The number of hydrogen-bond donors (Lipinski definition) is 3. The van der Waals surface area contributed by atoms with Crippen molar-refractivity contribution in [1.29, 1.82) is 0 Å². The van der Waals surface area contributed by atoms with Gasteiger partial charge in [0.15, 0.2) is 0 Å². The van der Waals surface area contributed by atoms with E-state index in [0.717, 1.165) is 42.9 Å². The van der Waals surface area contributed by atoms with E-state index < -0.39 is 0 Å². The molecule has 28 heavy (non-hydrogen) atoms. The molecule has 1 aromatic heterocycles. The molecule has 0 saturated carbocycles. The predicted molar refractivity (Wildman–Crippen MR) is 114 cm³/mol. The molecule has 0 unspecified atom stereocenters. The topological polar surface area (TPSA) is 73.1 Å². The lowest BCUT2D eigenvalue weighted by atomic mass is 10.1. The second-order valence-corrected chi connectivity index (χ2v) is 7.73. The molecule has 0 bridgehead atoms. The van der Waals surface area contributed by atoms with Crippen LogP contribution in [0.25, 0.3) is 11.0 Å². The van der Waals surface area contributed by atoms with Crippen LogP contribution in [0.3, 0.4) is 0 Å².